The van der Waals surface area contributed by atoms with E-state index in [0.29, 0.717) is 11.4 Å². The molecule has 0 bridgehead atoms. The van der Waals surface area contributed by atoms with Crippen LogP contribution in [0.1, 0.15) is 30.6 Å². The van der Waals surface area contributed by atoms with Crippen LogP contribution in [0.2, 0.25) is 10.0 Å². The number of carbonyl (C=O) groups excluding carboxylic acids is 1. The molecule has 2 N–H and O–H groups in total. The third-order valence-corrected chi connectivity index (χ3v) is 3.49. The second kappa shape index (κ2) is 6.78. The Morgan fingerprint density at radius 1 is 1.37 bits per heavy atom. The third-order valence-electron chi connectivity index (χ3n) is 2.94. The minimum Gasteiger partial charge on any atom is -0.480 e. The van der Waals surface area contributed by atoms with Gasteiger partial charge in [-0.1, -0.05) is 43.5 Å². The number of aliphatic carboxylic acids is 1. The van der Waals surface area contributed by atoms with Crippen LogP contribution in [0.4, 0.5) is 0 Å². The maximum absolute atomic E-state index is 12.0. The van der Waals surface area contributed by atoms with E-state index in [-0.39, 0.29) is 16.5 Å². The summed E-state index contributed by atoms with van der Waals surface area (Å²) in [5.74, 6) is -1.75. The number of carboxylic acids is 1. The average molecular weight is 304 g/mol. The number of hydrogen-bond acceptors (Lipinski definition) is 2. The van der Waals surface area contributed by atoms with Crippen LogP contribution in [-0.4, -0.2) is 23.0 Å². The zero-order valence-corrected chi connectivity index (χ0v) is 12.1. The number of nitrogens with one attached hydrogen (secondary N) is 1. The van der Waals surface area contributed by atoms with Gasteiger partial charge < -0.3 is 10.4 Å². The van der Waals surface area contributed by atoms with E-state index >= 15 is 0 Å². The molecule has 0 saturated carbocycles. The van der Waals surface area contributed by atoms with Gasteiger partial charge in [0.2, 0.25) is 0 Å². The molecular weight excluding hydrogens is 289 g/mol. The second-order valence-electron chi connectivity index (χ2n) is 4.30. The summed E-state index contributed by atoms with van der Waals surface area (Å²) in [5.41, 5.74) is 0.209. The molecule has 104 valence electrons. The molecule has 0 saturated heterocycles. The maximum Gasteiger partial charge on any atom is 0.326 e. The number of benzene rings is 1. The van der Waals surface area contributed by atoms with E-state index in [1.54, 1.807) is 6.92 Å². The van der Waals surface area contributed by atoms with Gasteiger partial charge in [-0.2, -0.15) is 0 Å². The van der Waals surface area contributed by atoms with Crippen molar-refractivity contribution >= 4 is 35.1 Å². The molecule has 4 nitrogen and oxygen atoms in total. The van der Waals surface area contributed by atoms with E-state index in [4.69, 9.17) is 28.3 Å². The van der Waals surface area contributed by atoms with E-state index in [2.05, 4.69) is 5.32 Å². The first kappa shape index (κ1) is 15.8. The summed E-state index contributed by atoms with van der Waals surface area (Å²) in [6.07, 6.45) is 0.644. The first-order chi connectivity index (χ1) is 8.86. The van der Waals surface area contributed by atoms with Crippen LogP contribution in [0.15, 0.2) is 18.2 Å². The van der Waals surface area contributed by atoms with Gasteiger partial charge in [0, 0.05) is 5.02 Å². The molecule has 1 amide bonds. The van der Waals surface area contributed by atoms with Gasteiger partial charge >= 0.3 is 5.97 Å². The van der Waals surface area contributed by atoms with Crippen molar-refractivity contribution in [3.8, 4) is 0 Å². The van der Waals surface area contributed by atoms with E-state index in [1.807, 2.05) is 6.92 Å². The Labute approximate surface area is 121 Å². The monoisotopic (exact) mass is 303 g/mol. The van der Waals surface area contributed by atoms with Gasteiger partial charge in [-0.15, -0.1) is 0 Å². The third kappa shape index (κ3) is 4.11. The highest BCUT2D eigenvalue weighted by atomic mass is 35.5. The molecule has 0 aliphatic heterocycles. The summed E-state index contributed by atoms with van der Waals surface area (Å²) >= 11 is 11.6. The summed E-state index contributed by atoms with van der Waals surface area (Å²) in [6, 6.07) is 3.50. The van der Waals surface area contributed by atoms with E-state index in [1.165, 1.54) is 18.2 Å². The quantitative estimate of drug-likeness (QED) is 0.877. The fourth-order valence-corrected chi connectivity index (χ4v) is 2.07. The number of halogens is 2. The van der Waals surface area contributed by atoms with Crippen LogP contribution >= 0.6 is 23.2 Å². The second-order valence-corrected chi connectivity index (χ2v) is 5.14. The lowest BCUT2D eigenvalue weighted by atomic mass is 9.99. The summed E-state index contributed by atoms with van der Waals surface area (Å²) in [7, 11) is 0. The van der Waals surface area contributed by atoms with Crippen molar-refractivity contribution in [2.45, 2.75) is 26.3 Å². The predicted octanol–water partition coefficient (Wildman–Crippen LogP) is 3.22. The van der Waals surface area contributed by atoms with Crippen molar-refractivity contribution in [3.63, 3.8) is 0 Å². The predicted molar refractivity (Wildman–Crippen MR) is 74.8 cm³/mol. The first-order valence-electron chi connectivity index (χ1n) is 5.85. The molecular formula is C13H15Cl2NO3. The lowest BCUT2D eigenvalue weighted by molar-refractivity contribution is -0.140. The minimum absolute atomic E-state index is 0.174. The SMILES string of the molecule is CC[C@H](C)[C@H](NC(=O)c1ccc(Cl)cc1Cl)C(=O)O. The van der Waals surface area contributed by atoms with Gasteiger partial charge in [-0.25, -0.2) is 4.79 Å². The zero-order chi connectivity index (χ0) is 14.6. The lowest BCUT2D eigenvalue weighted by Crippen LogP contribution is -2.45. The Hall–Kier alpha value is -1.26. The Bertz CT molecular complexity index is 491. The standard InChI is InChI=1S/C13H15Cl2NO3/c1-3-7(2)11(13(18)19)16-12(17)9-5-4-8(14)6-10(9)15/h4-7,11H,3H2,1-2H3,(H,16,17)(H,18,19)/t7-,11-/m0/s1. The molecule has 1 rings (SSSR count). The van der Waals surface area contributed by atoms with Gasteiger partial charge in [0.15, 0.2) is 0 Å². The summed E-state index contributed by atoms with van der Waals surface area (Å²) < 4.78 is 0. The van der Waals surface area contributed by atoms with E-state index in [0.717, 1.165) is 0 Å². The molecule has 19 heavy (non-hydrogen) atoms. The normalized spacial score (nSPS) is 13.7. The molecule has 0 aliphatic rings. The largest absolute Gasteiger partial charge is 0.480 e. The Kier molecular flexibility index (Phi) is 5.63. The van der Waals surface area contributed by atoms with Gasteiger partial charge in [-0.05, 0) is 24.1 Å². The van der Waals surface area contributed by atoms with Crippen molar-refractivity contribution < 1.29 is 14.7 Å². The molecule has 0 aliphatic carbocycles. The van der Waals surface area contributed by atoms with Crippen molar-refractivity contribution in [3.05, 3.63) is 33.8 Å². The van der Waals surface area contributed by atoms with Crippen LogP contribution in [0.25, 0.3) is 0 Å². The molecule has 1 aromatic rings. The van der Waals surface area contributed by atoms with Crippen LogP contribution in [0, 0.1) is 5.92 Å². The molecule has 0 spiro atoms. The number of carbonyl (C=O) groups is 2. The van der Waals surface area contributed by atoms with E-state index < -0.39 is 17.9 Å². The average Bonchev–Trinajstić information content (AvgIpc) is 2.34. The molecule has 6 heteroatoms. The number of carboxylic acid groups (broad SMARTS) is 1. The van der Waals surface area contributed by atoms with Gasteiger partial charge in [0.25, 0.3) is 5.91 Å². The van der Waals surface area contributed by atoms with Crippen molar-refractivity contribution in [1.29, 1.82) is 0 Å². The van der Waals surface area contributed by atoms with Crippen LogP contribution in [-0.2, 0) is 4.79 Å². The molecule has 0 fully saturated rings. The zero-order valence-electron chi connectivity index (χ0n) is 10.6. The number of amides is 1. The van der Waals surface area contributed by atoms with Crippen LogP contribution in [0.5, 0.6) is 0 Å². The topological polar surface area (TPSA) is 66.4 Å². The smallest absolute Gasteiger partial charge is 0.326 e. The minimum atomic E-state index is -1.06. The molecule has 0 aromatic heterocycles. The Balaban J connectivity index is 2.91. The van der Waals surface area contributed by atoms with Gasteiger partial charge in [0.05, 0.1) is 10.6 Å². The van der Waals surface area contributed by atoms with Crippen molar-refractivity contribution in [2.75, 3.05) is 0 Å². The fraction of sp³-hybridized carbons (Fsp3) is 0.385. The highest BCUT2D eigenvalue weighted by molar-refractivity contribution is 6.36. The summed E-state index contributed by atoms with van der Waals surface area (Å²) in [6.45, 7) is 3.63. The number of hydrogen-bond donors (Lipinski definition) is 2. The van der Waals surface area contributed by atoms with Crippen LogP contribution in [0.3, 0.4) is 0 Å². The molecule has 0 heterocycles. The summed E-state index contributed by atoms with van der Waals surface area (Å²) in [4.78, 5) is 23.1. The van der Waals surface area contributed by atoms with E-state index in [9.17, 15) is 9.59 Å². The molecule has 1 aromatic carbocycles. The van der Waals surface area contributed by atoms with Crippen molar-refractivity contribution in [1.82, 2.24) is 5.32 Å². The highest BCUT2D eigenvalue weighted by Crippen LogP contribution is 2.21. The first-order valence-corrected chi connectivity index (χ1v) is 6.61. The van der Waals surface area contributed by atoms with Gasteiger partial charge in [-0.3, -0.25) is 4.79 Å². The lowest BCUT2D eigenvalue weighted by Gasteiger charge is -2.20. The molecule has 2 atom stereocenters. The number of rotatable bonds is 5. The maximum atomic E-state index is 12.0. The Morgan fingerprint density at radius 3 is 2.47 bits per heavy atom. The highest BCUT2D eigenvalue weighted by Gasteiger charge is 2.26. The summed E-state index contributed by atoms with van der Waals surface area (Å²) in [5, 5.41) is 12.2. The van der Waals surface area contributed by atoms with Crippen LogP contribution < -0.4 is 5.32 Å². The fourth-order valence-electron chi connectivity index (χ4n) is 1.58. The molecule has 0 radical (unpaired) electrons. The van der Waals surface area contributed by atoms with Gasteiger partial charge in [0.1, 0.15) is 6.04 Å². The Morgan fingerprint density at radius 2 is 2.00 bits per heavy atom. The van der Waals surface area contributed by atoms with Crippen molar-refractivity contribution in [2.24, 2.45) is 5.92 Å². The molecule has 0 unspecified atom stereocenters.